The fourth-order valence-corrected chi connectivity index (χ4v) is 6.64. The van der Waals surface area contributed by atoms with Gasteiger partial charge in [0.15, 0.2) is 0 Å². The maximum atomic E-state index is 12.5. The van der Waals surface area contributed by atoms with Crippen molar-refractivity contribution in [2.24, 2.45) is 0 Å². The van der Waals surface area contributed by atoms with E-state index in [0.717, 1.165) is 16.3 Å². The van der Waals surface area contributed by atoms with Gasteiger partial charge in [-0.1, -0.05) is 48.5 Å². The predicted molar refractivity (Wildman–Crippen MR) is 144 cm³/mol. The van der Waals surface area contributed by atoms with Gasteiger partial charge in [-0.25, -0.2) is 12.7 Å². The number of benzene rings is 3. The van der Waals surface area contributed by atoms with Gasteiger partial charge in [0.2, 0.25) is 10.0 Å². The zero-order valence-electron chi connectivity index (χ0n) is 20.0. The molecule has 0 spiro atoms. The molecule has 0 radical (unpaired) electrons. The lowest BCUT2D eigenvalue weighted by atomic mass is 10.1. The van der Waals surface area contributed by atoms with Gasteiger partial charge >= 0.3 is 0 Å². The van der Waals surface area contributed by atoms with Crippen LogP contribution in [-0.4, -0.2) is 45.2 Å². The van der Waals surface area contributed by atoms with Gasteiger partial charge in [0, 0.05) is 37.8 Å². The summed E-state index contributed by atoms with van der Waals surface area (Å²) < 4.78 is 28.6. The van der Waals surface area contributed by atoms with E-state index in [1.807, 2.05) is 48.5 Å². The first-order valence-electron chi connectivity index (χ1n) is 11.6. The number of hydrogen-bond acceptors (Lipinski definition) is 6. The van der Waals surface area contributed by atoms with E-state index in [9.17, 15) is 13.7 Å². The van der Waals surface area contributed by atoms with Gasteiger partial charge in [0.05, 0.1) is 23.0 Å². The molecule has 8 heteroatoms. The molecule has 0 aromatic heterocycles. The molecule has 0 N–H and O–H groups in total. The Kier molecular flexibility index (Phi) is 8.01. The number of nitriles is 1. The Labute approximate surface area is 213 Å². The fraction of sp³-hybridized carbons (Fsp3) is 0.296. The molecule has 0 amide bonds. The maximum absolute atomic E-state index is 12.5. The van der Waals surface area contributed by atoms with Crippen LogP contribution in [0.4, 0.5) is 11.4 Å². The minimum atomic E-state index is -3.27. The third-order valence-electron chi connectivity index (χ3n) is 6.23. The molecule has 1 fully saturated rings. The average molecular weight is 507 g/mol. The number of anilines is 2. The molecule has 35 heavy (non-hydrogen) atoms. The van der Waals surface area contributed by atoms with Gasteiger partial charge in [-0.3, -0.25) is 0 Å². The third-order valence-corrected chi connectivity index (χ3v) is 9.60. The molecule has 3 aromatic carbocycles. The lowest BCUT2D eigenvalue weighted by Gasteiger charge is -2.35. The summed E-state index contributed by atoms with van der Waals surface area (Å²) in [7, 11) is -0.0941. The van der Waals surface area contributed by atoms with Crippen LogP contribution in [0.5, 0.6) is 0 Å². The molecule has 182 valence electrons. The van der Waals surface area contributed by atoms with E-state index in [2.05, 4.69) is 45.6 Å². The normalized spacial score (nSPS) is 14.6. The van der Waals surface area contributed by atoms with Gasteiger partial charge in [0.25, 0.3) is 0 Å². The lowest BCUT2D eigenvalue weighted by Crippen LogP contribution is -2.43. The van der Waals surface area contributed by atoms with Crippen molar-refractivity contribution in [1.82, 2.24) is 4.31 Å². The van der Waals surface area contributed by atoms with E-state index in [1.165, 1.54) is 9.87 Å². The van der Waals surface area contributed by atoms with E-state index < -0.39 is 10.0 Å². The van der Waals surface area contributed by atoms with Gasteiger partial charge in [-0.2, -0.15) is 5.26 Å². The number of piperidine rings is 1. The van der Waals surface area contributed by atoms with Crippen LogP contribution >= 0.6 is 11.9 Å². The first-order chi connectivity index (χ1) is 16.9. The van der Waals surface area contributed by atoms with Crippen LogP contribution in [0.15, 0.2) is 83.8 Å². The molecule has 0 aliphatic carbocycles. The maximum Gasteiger partial charge on any atom is 0.216 e. The molecule has 1 aliphatic rings. The number of rotatable bonds is 8. The Bertz CT molecular complexity index is 1230. The SMILES string of the molecule is CN(C)S(=O)(=O)C1CCN(c2ccc(N(Cc3ccccc3)Sc3ccccc3)cc2C#N)CC1. The Morgan fingerprint density at radius 3 is 2.20 bits per heavy atom. The summed E-state index contributed by atoms with van der Waals surface area (Å²) in [5, 5.41) is 9.61. The molecule has 3 aromatic rings. The van der Waals surface area contributed by atoms with Crippen molar-refractivity contribution in [2.75, 3.05) is 36.4 Å². The predicted octanol–water partition coefficient (Wildman–Crippen LogP) is 5.13. The zero-order valence-corrected chi connectivity index (χ0v) is 21.7. The van der Waals surface area contributed by atoms with Crippen LogP contribution in [0.2, 0.25) is 0 Å². The average Bonchev–Trinajstić information content (AvgIpc) is 2.89. The van der Waals surface area contributed by atoms with Gasteiger partial charge < -0.3 is 9.21 Å². The largest absolute Gasteiger partial charge is 0.370 e. The molecule has 4 rings (SSSR count). The molecular formula is C27H30N4O2S2. The molecule has 6 nitrogen and oxygen atoms in total. The van der Waals surface area contributed by atoms with E-state index in [4.69, 9.17) is 0 Å². The fourth-order valence-electron chi connectivity index (χ4n) is 4.27. The van der Waals surface area contributed by atoms with Crippen LogP contribution < -0.4 is 9.21 Å². The minimum absolute atomic E-state index is 0.373. The minimum Gasteiger partial charge on any atom is -0.370 e. The number of hydrogen-bond donors (Lipinski definition) is 0. The van der Waals surface area contributed by atoms with E-state index in [0.29, 0.717) is 38.0 Å². The first-order valence-corrected chi connectivity index (χ1v) is 13.9. The van der Waals surface area contributed by atoms with Crippen molar-refractivity contribution >= 4 is 33.3 Å². The highest BCUT2D eigenvalue weighted by molar-refractivity contribution is 8.00. The molecule has 0 bridgehead atoms. The Balaban J connectivity index is 1.57. The standard InChI is InChI=1S/C27H30N4O2S2/c1-29(2)35(32,33)26-15-17-30(18-16-26)27-14-13-24(19-23(27)20-28)31(21-22-9-5-3-6-10-22)34-25-11-7-4-8-12-25/h3-14,19,26H,15-18,21H2,1-2H3. The lowest BCUT2D eigenvalue weighted by molar-refractivity contribution is 0.476. The number of nitrogens with zero attached hydrogens (tertiary/aromatic N) is 4. The van der Waals surface area contributed by atoms with E-state index in [-0.39, 0.29) is 5.25 Å². The van der Waals surface area contributed by atoms with E-state index in [1.54, 1.807) is 26.0 Å². The van der Waals surface area contributed by atoms with Crippen LogP contribution in [0, 0.1) is 11.3 Å². The van der Waals surface area contributed by atoms with Crippen LogP contribution in [0.3, 0.4) is 0 Å². The Hall–Kier alpha value is -2.99. The molecule has 1 saturated heterocycles. The molecule has 1 heterocycles. The molecule has 0 saturated carbocycles. The van der Waals surface area contributed by atoms with Crippen LogP contribution in [0.25, 0.3) is 0 Å². The van der Waals surface area contributed by atoms with Crippen molar-refractivity contribution in [3.8, 4) is 6.07 Å². The summed E-state index contributed by atoms with van der Waals surface area (Å²) in [4.78, 5) is 3.26. The third kappa shape index (κ3) is 5.99. The van der Waals surface area contributed by atoms with Crippen molar-refractivity contribution in [2.45, 2.75) is 29.5 Å². The summed E-state index contributed by atoms with van der Waals surface area (Å²) in [5.74, 6) is 0. The first kappa shape index (κ1) is 25.1. The van der Waals surface area contributed by atoms with E-state index >= 15 is 0 Å². The summed E-state index contributed by atoms with van der Waals surface area (Å²) in [5.41, 5.74) is 3.60. The van der Waals surface area contributed by atoms with Crippen molar-refractivity contribution in [3.63, 3.8) is 0 Å². The summed E-state index contributed by atoms with van der Waals surface area (Å²) in [6.07, 6.45) is 1.11. The highest BCUT2D eigenvalue weighted by atomic mass is 32.2. The zero-order chi connectivity index (χ0) is 24.8. The second-order valence-electron chi connectivity index (χ2n) is 8.75. The number of sulfonamides is 1. The Morgan fingerprint density at radius 1 is 0.971 bits per heavy atom. The summed E-state index contributed by atoms with van der Waals surface area (Å²) in [6.45, 7) is 1.91. The molecular weight excluding hydrogens is 476 g/mol. The smallest absolute Gasteiger partial charge is 0.216 e. The molecule has 0 atom stereocenters. The summed E-state index contributed by atoms with van der Waals surface area (Å²) in [6, 6.07) is 28.8. The van der Waals surface area contributed by atoms with Crippen molar-refractivity contribution in [1.29, 1.82) is 5.26 Å². The van der Waals surface area contributed by atoms with Crippen LogP contribution in [0.1, 0.15) is 24.0 Å². The monoisotopic (exact) mass is 506 g/mol. The molecule has 1 aliphatic heterocycles. The second kappa shape index (κ2) is 11.2. The van der Waals surface area contributed by atoms with Gasteiger partial charge in [-0.05, 0) is 60.7 Å². The van der Waals surface area contributed by atoms with Crippen molar-refractivity contribution < 1.29 is 8.42 Å². The highest BCUT2D eigenvalue weighted by Crippen LogP contribution is 2.35. The second-order valence-corrected chi connectivity index (χ2v) is 12.3. The van der Waals surface area contributed by atoms with Crippen LogP contribution in [-0.2, 0) is 16.6 Å². The van der Waals surface area contributed by atoms with Gasteiger partial charge in [0.1, 0.15) is 6.07 Å². The molecule has 0 unspecified atom stereocenters. The summed E-state index contributed by atoms with van der Waals surface area (Å²) >= 11 is 1.64. The highest BCUT2D eigenvalue weighted by Gasteiger charge is 2.32. The quantitative estimate of drug-likeness (QED) is 0.395. The van der Waals surface area contributed by atoms with Gasteiger partial charge in [-0.15, -0.1) is 0 Å². The Morgan fingerprint density at radius 2 is 1.60 bits per heavy atom. The topological polar surface area (TPSA) is 67.7 Å². The van der Waals surface area contributed by atoms with Crippen molar-refractivity contribution in [3.05, 3.63) is 90.0 Å².